The van der Waals surface area contributed by atoms with Crippen molar-refractivity contribution in [3.05, 3.63) is 162 Å². The monoisotopic (exact) mass is 986 g/mol. The zero-order valence-corrected chi connectivity index (χ0v) is 40.3. The van der Waals surface area contributed by atoms with E-state index in [4.69, 9.17) is 9.72 Å². The van der Waals surface area contributed by atoms with Crippen LogP contribution >= 0.6 is 0 Å². The van der Waals surface area contributed by atoms with Gasteiger partial charge in [0.15, 0.2) is 0 Å². The summed E-state index contributed by atoms with van der Waals surface area (Å²) in [6, 6.07) is 42.3. The Labute approximate surface area is 378 Å². The third-order valence-corrected chi connectivity index (χ3v) is 11.6. The van der Waals surface area contributed by atoms with Crippen molar-refractivity contribution < 1.29 is 25.8 Å². The van der Waals surface area contributed by atoms with Crippen molar-refractivity contribution >= 4 is 33.2 Å². The molecular weight excluding hydrogens is 928 g/mol. The van der Waals surface area contributed by atoms with Gasteiger partial charge in [0.1, 0.15) is 5.82 Å². The molecule has 1 aliphatic heterocycles. The number of aryl methyl sites for hydroxylation is 1. The molecule has 0 saturated carbocycles. The third-order valence-electron chi connectivity index (χ3n) is 11.6. The Hall–Kier alpha value is -5.12. The molecular formula is C55H59N4OPt-3. The first-order valence-electron chi connectivity index (χ1n) is 21.2. The van der Waals surface area contributed by atoms with E-state index in [9.17, 15) is 0 Å². The van der Waals surface area contributed by atoms with E-state index >= 15 is 0 Å². The van der Waals surface area contributed by atoms with Gasteiger partial charge in [-0.1, -0.05) is 138 Å². The number of para-hydroxylation sites is 1. The molecule has 61 heavy (non-hydrogen) atoms. The standard InChI is InChI=1S/C55H59N4O.Pt/c1-36-26-41(57-24-25-58(35-57)42-30-39(53(5,6)7)29-40(31-42)54(8,9)10)33-44(27-36)60-43-19-21-47-46-16-14-15-17-49(46)59(50(47)34-43)51-28-37(22-23-56-51)45-20-18-38(52(2,3)4)32-48(45)55(11,12)13;/h14-32,35H,1-13H3;/q-3;. The van der Waals surface area contributed by atoms with Gasteiger partial charge in [-0.25, -0.2) is 4.98 Å². The second kappa shape index (κ2) is 16.0. The van der Waals surface area contributed by atoms with E-state index in [-0.39, 0.29) is 42.7 Å². The molecule has 0 atom stereocenters. The quantitative estimate of drug-likeness (QED) is 0.156. The first-order valence-corrected chi connectivity index (χ1v) is 21.2. The van der Waals surface area contributed by atoms with E-state index < -0.39 is 0 Å². The topological polar surface area (TPSA) is 33.5 Å². The summed E-state index contributed by atoms with van der Waals surface area (Å²) in [5.74, 6) is 2.07. The second-order valence-corrected chi connectivity index (χ2v) is 20.6. The van der Waals surface area contributed by atoms with Gasteiger partial charge in [0.05, 0.1) is 0 Å². The van der Waals surface area contributed by atoms with Crippen molar-refractivity contribution in [3.8, 4) is 28.4 Å². The fourth-order valence-electron chi connectivity index (χ4n) is 8.01. The first-order chi connectivity index (χ1) is 28.1. The van der Waals surface area contributed by atoms with Crippen LogP contribution in [0.25, 0.3) is 38.8 Å². The number of nitrogens with zero attached hydrogens (tertiary/aromatic N) is 4. The van der Waals surface area contributed by atoms with E-state index in [0.29, 0.717) is 11.5 Å². The zero-order chi connectivity index (χ0) is 42.9. The Morgan fingerprint density at radius 3 is 1.93 bits per heavy atom. The molecule has 1 aliphatic rings. The van der Waals surface area contributed by atoms with Crippen molar-refractivity contribution in [2.24, 2.45) is 0 Å². The molecule has 0 N–H and O–H groups in total. The molecule has 0 saturated heterocycles. The molecule has 0 spiro atoms. The Morgan fingerprint density at radius 2 is 1.26 bits per heavy atom. The van der Waals surface area contributed by atoms with Gasteiger partial charge in [-0.3, -0.25) is 0 Å². The number of pyridine rings is 1. The summed E-state index contributed by atoms with van der Waals surface area (Å²) in [6.07, 6.45) is 6.12. The number of benzene rings is 5. The average molecular weight is 987 g/mol. The third kappa shape index (κ3) is 8.96. The maximum absolute atomic E-state index is 6.63. The zero-order valence-electron chi connectivity index (χ0n) is 38.1. The molecule has 8 rings (SSSR count). The molecule has 0 unspecified atom stereocenters. The molecule has 0 bridgehead atoms. The predicted molar refractivity (Wildman–Crippen MR) is 253 cm³/mol. The van der Waals surface area contributed by atoms with Crippen LogP contribution in [0.4, 0.5) is 11.4 Å². The van der Waals surface area contributed by atoms with Crippen LogP contribution in [0.3, 0.4) is 0 Å². The van der Waals surface area contributed by atoms with Gasteiger partial charge >= 0.3 is 0 Å². The molecule has 5 aromatic carbocycles. The van der Waals surface area contributed by atoms with Crippen LogP contribution in [0.15, 0.2) is 116 Å². The molecule has 2 aromatic heterocycles. The number of anilines is 2. The molecule has 318 valence electrons. The minimum Gasteiger partial charge on any atom is -0.509 e. The van der Waals surface area contributed by atoms with E-state index in [1.807, 2.05) is 18.3 Å². The average Bonchev–Trinajstić information content (AvgIpc) is 3.80. The Kier molecular flexibility index (Phi) is 11.5. The van der Waals surface area contributed by atoms with Crippen LogP contribution in [0.2, 0.25) is 0 Å². The normalized spacial score (nSPS) is 13.7. The summed E-state index contributed by atoms with van der Waals surface area (Å²) in [4.78, 5) is 9.27. The van der Waals surface area contributed by atoms with Gasteiger partial charge in [0, 0.05) is 50.0 Å². The summed E-state index contributed by atoms with van der Waals surface area (Å²) in [7, 11) is 0. The Balaban J connectivity index is 0.00000561. The summed E-state index contributed by atoms with van der Waals surface area (Å²) in [6.45, 7) is 31.6. The molecule has 0 amide bonds. The minimum absolute atomic E-state index is 0. The van der Waals surface area contributed by atoms with Gasteiger partial charge in [0.25, 0.3) is 0 Å². The number of rotatable bonds is 6. The molecule has 0 aliphatic carbocycles. The second-order valence-electron chi connectivity index (χ2n) is 20.6. The van der Waals surface area contributed by atoms with Gasteiger partial charge in [-0.15, -0.1) is 48.1 Å². The van der Waals surface area contributed by atoms with E-state index in [2.05, 4.69) is 221 Å². The SMILES string of the molecule is Cc1cc(Oc2[c-]c3c(cc2)c2ccccc2n3-c2cc(-c3ccc(C(C)(C)C)cc3C(C)(C)C)ccn2)[c-]c(N2C=CN(c3cc(C(C)(C)C)cc(C(C)(C)C)c3)[CH-]2)c1.[Pt]. The largest absolute Gasteiger partial charge is 0.509 e. The predicted octanol–water partition coefficient (Wildman–Crippen LogP) is 14.7. The Bertz CT molecular complexity index is 2750. The maximum atomic E-state index is 6.63. The maximum Gasteiger partial charge on any atom is 0.136 e. The molecule has 3 heterocycles. The number of fused-ring (bicyclic) bond motifs is 3. The van der Waals surface area contributed by atoms with Crippen molar-refractivity contribution in [2.75, 3.05) is 9.80 Å². The van der Waals surface area contributed by atoms with Crippen LogP contribution in [0.5, 0.6) is 11.5 Å². The summed E-state index contributed by atoms with van der Waals surface area (Å²) in [5.41, 5.74) is 12.8. The van der Waals surface area contributed by atoms with E-state index in [0.717, 1.165) is 50.1 Å². The summed E-state index contributed by atoms with van der Waals surface area (Å²) in [5, 5.41) is 2.23. The van der Waals surface area contributed by atoms with Gasteiger partial charge < -0.3 is 19.1 Å². The van der Waals surface area contributed by atoms with Crippen LogP contribution in [0, 0.1) is 25.7 Å². The van der Waals surface area contributed by atoms with Crippen LogP contribution in [0.1, 0.15) is 111 Å². The number of hydrogen-bond acceptors (Lipinski definition) is 4. The van der Waals surface area contributed by atoms with Crippen molar-refractivity contribution in [2.45, 2.75) is 112 Å². The van der Waals surface area contributed by atoms with E-state index in [1.54, 1.807) is 0 Å². The van der Waals surface area contributed by atoms with E-state index in [1.165, 1.54) is 27.8 Å². The summed E-state index contributed by atoms with van der Waals surface area (Å²) >= 11 is 0. The van der Waals surface area contributed by atoms with Crippen molar-refractivity contribution in [1.29, 1.82) is 0 Å². The van der Waals surface area contributed by atoms with Gasteiger partial charge in [0.2, 0.25) is 0 Å². The van der Waals surface area contributed by atoms with Crippen molar-refractivity contribution in [1.82, 2.24) is 9.55 Å². The molecule has 7 aromatic rings. The van der Waals surface area contributed by atoms with Crippen molar-refractivity contribution in [3.63, 3.8) is 0 Å². The summed E-state index contributed by atoms with van der Waals surface area (Å²) < 4.78 is 8.85. The number of hydrogen-bond donors (Lipinski definition) is 0. The number of aromatic nitrogens is 2. The van der Waals surface area contributed by atoms with Crippen LogP contribution in [-0.2, 0) is 42.7 Å². The minimum atomic E-state index is -0.0454. The Morgan fingerprint density at radius 1 is 0.590 bits per heavy atom. The van der Waals surface area contributed by atoms with Crippen LogP contribution in [-0.4, -0.2) is 9.55 Å². The van der Waals surface area contributed by atoms with Crippen LogP contribution < -0.4 is 14.5 Å². The molecule has 5 nitrogen and oxygen atoms in total. The molecule has 0 fully saturated rings. The first kappa shape index (κ1) is 44.0. The van der Waals surface area contributed by atoms with Gasteiger partial charge in [-0.2, -0.15) is 11.6 Å². The van der Waals surface area contributed by atoms with Gasteiger partial charge in [-0.05, 0) is 103 Å². The fraction of sp³-hybridized carbons (Fsp3) is 0.309. The fourth-order valence-corrected chi connectivity index (χ4v) is 8.01. The molecule has 6 heteroatoms. The molecule has 0 radical (unpaired) electrons. The smallest absolute Gasteiger partial charge is 0.136 e. The number of ether oxygens (including phenoxy) is 1.